The first kappa shape index (κ1) is 18.7. The van der Waals surface area contributed by atoms with Gasteiger partial charge in [-0.3, -0.25) is 0 Å². The lowest BCUT2D eigenvalue weighted by molar-refractivity contribution is -0.0437. The van der Waals surface area contributed by atoms with E-state index in [2.05, 4.69) is 4.74 Å². The first-order valence-electron chi connectivity index (χ1n) is 6.53. The smallest absolute Gasteiger partial charge is 0.465 e. The molecule has 0 unspecified atom stereocenters. The Balaban J connectivity index is 2.43. The van der Waals surface area contributed by atoms with Gasteiger partial charge < -0.3 is 9.47 Å². The van der Waals surface area contributed by atoms with Gasteiger partial charge in [0.25, 0.3) is 9.84 Å². The van der Waals surface area contributed by atoms with Crippen molar-refractivity contribution in [3.05, 3.63) is 53.8 Å². The van der Waals surface area contributed by atoms with Crippen molar-refractivity contribution in [2.45, 2.75) is 10.4 Å². The Morgan fingerprint density at radius 3 is 2.16 bits per heavy atom. The maximum Gasteiger partial charge on any atom is 0.502 e. The Labute approximate surface area is 139 Å². The number of rotatable bonds is 4. The van der Waals surface area contributed by atoms with Crippen LogP contribution < -0.4 is 4.74 Å². The Morgan fingerprint density at radius 2 is 1.64 bits per heavy atom. The van der Waals surface area contributed by atoms with Crippen LogP contribution in [-0.2, 0) is 14.6 Å². The summed E-state index contributed by atoms with van der Waals surface area (Å²) in [7, 11) is -4.65. The van der Waals surface area contributed by atoms with E-state index in [1.165, 1.54) is 31.4 Å². The summed E-state index contributed by atoms with van der Waals surface area (Å²) in [6.07, 6.45) is 0. The monoisotopic (exact) mass is 378 g/mol. The van der Waals surface area contributed by atoms with Crippen molar-refractivity contribution in [3.63, 3.8) is 0 Å². The van der Waals surface area contributed by atoms with E-state index in [9.17, 15) is 30.8 Å². The topological polar surface area (TPSA) is 69.7 Å². The fourth-order valence-electron chi connectivity index (χ4n) is 1.80. The Hall–Kier alpha value is -2.62. The van der Waals surface area contributed by atoms with Gasteiger partial charge in [-0.05, 0) is 42.5 Å². The minimum Gasteiger partial charge on any atom is -0.465 e. The van der Waals surface area contributed by atoms with Gasteiger partial charge in [0.2, 0.25) is 0 Å². The van der Waals surface area contributed by atoms with Crippen LogP contribution in [0, 0.1) is 5.82 Å². The molecule has 0 amide bonds. The summed E-state index contributed by atoms with van der Waals surface area (Å²) < 4.78 is 84.2. The lowest BCUT2D eigenvalue weighted by Gasteiger charge is -2.13. The van der Waals surface area contributed by atoms with Gasteiger partial charge in [-0.25, -0.2) is 17.6 Å². The predicted octanol–water partition coefficient (Wildman–Crippen LogP) is 3.70. The van der Waals surface area contributed by atoms with Gasteiger partial charge in [-0.2, -0.15) is 13.2 Å². The predicted molar refractivity (Wildman–Crippen MR) is 77.5 cm³/mol. The molecule has 5 nitrogen and oxygen atoms in total. The van der Waals surface area contributed by atoms with Crippen molar-refractivity contribution < 1.29 is 40.2 Å². The van der Waals surface area contributed by atoms with Crippen LogP contribution in [0.1, 0.15) is 10.4 Å². The average molecular weight is 378 g/mol. The lowest BCUT2D eigenvalue weighted by atomic mass is 10.2. The number of methoxy groups -OCH3 is 1. The molecule has 2 aromatic rings. The van der Waals surface area contributed by atoms with Crippen LogP contribution in [0.3, 0.4) is 0 Å². The highest BCUT2D eigenvalue weighted by atomic mass is 32.2. The molecular formula is C15H10F4O5S. The second kappa shape index (κ2) is 6.71. The molecule has 0 aliphatic carbocycles. The number of carbonyl (C=O) groups is 1. The van der Waals surface area contributed by atoms with Crippen molar-refractivity contribution in [3.8, 4) is 11.5 Å². The zero-order valence-electron chi connectivity index (χ0n) is 12.5. The van der Waals surface area contributed by atoms with E-state index in [1.54, 1.807) is 0 Å². The molecule has 134 valence electrons. The van der Waals surface area contributed by atoms with Crippen LogP contribution in [0.15, 0.2) is 47.4 Å². The molecule has 0 aliphatic heterocycles. The Bertz CT molecular complexity index is 889. The molecule has 2 rings (SSSR count). The summed E-state index contributed by atoms with van der Waals surface area (Å²) in [6, 6.07) is 6.72. The SMILES string of the molecule is COC(=O)c1ccc(Oc2ccc(F)cc2S(=O)(=O)C(F)(F)F)cc1. The highest BCUT2D eigenvalue weighted by Crippen LogP contribution is 2.37. The molecular weight excluding hydrogens is 368 g/mol. The number of esters is 1. The standard InChI is InChI=1S/C15H10F4O5S/c1-23-14(20)9-2-5-11(6-3-9)24-12-7-4-10(16)8-13(12)25(21,22)15(17,18)19/h2-8H,1H3. The number of carbonyl (C=O) groups excluding carboxylic acids is 1. The number of alkyl halides is 3. The number of sulfone groups is 1. The maximum absolute atomic E-state index is 13.2. The third kappa shape index (κ3) is 3.90. The maximum atomic E-state index is 13.2. The third-order valence-electron chi connectivity index (χ3n) is 3.00. The quantitative estimate of drug-likeness (QED) is 0.599. The fraction of sp³-hybridized carbons (Fsp3) is 0.133. The largest absolute Gasteiger partial charge is 0.502 e. The van der Waals surface area contributed by atoms with E-state index in [4.69, 9.17) is 4.74 Å². The molecule has 10 heteroatoms. The zero-order chi connectivity index (χ0) is 18.8. The van der Waals surface area contributed by atoms with E-state index >= 15 is 0 Å². The van der Waals surface area contributed by atoms with Crippen LogP contribution in [0.25, 0.3) is 0 Å². The minimum absolute atomic E-state index is 0.0575. The molecule has 0 N–H and O–H groups in total. The van der Waals surface area contributed by atoms with Gasteiger partial charge in [0.1, 0.15) is 22.2 Å². The summed E-state index contributed by atoms with van der Waals surface area (Å²) in [5.74, 6) is -2.58. The fourth-order valence-corrected chi connectivity index (χ4v) is 2.70. The molecule has 0 saturated heterocycles. The van der Waals surface area contributed by atoms with Gasteiger partial charge in [0.05, 0.1) is 12.7 Å². The second-order valence-electron chi connectivity index (χ2n) is 4.66. The molecule has 0 heterocycles. The number of hydrogen-bond donors (Lipinski definition) is 0. The molecule has 0 spiro atoms. The first-order chi connectivity index (χ1) is 11.6. The zero-order valence-corrected chi connectivity index (χ0v) is 13.3. The first-order valence-corrected chi connectivity index (χ1v) is 8.01. The molecule has 0 saturated carbocycles. The van der Waals surface area contributed by atoms with Crippen molar-refractivity contribution in [2.24, 2.45) is 0 Å². The molecule has 0 fully saturated rings. The molecule has 0 atom stereocenters. The summed E-state index contributed by atoms with van der Waals surface area (Å²) in [4.78, 5) is 9.96. The number of ether oxygens (including phenoxy) is 2. The molecule has 0 radical (unpaired) electrons. The van der Waals surface area contributed by atoms with Crippen molar-refractivity contribution in [1.82, 2.24) is 0 Å². The van der Waals surface area contributed by atoms with Crippen molar-refractivity contribution in [2.75, 3.05) is 7.11 Å². The normalized spacial score (nSPS) is 11.9. The average Bonchev–Trinajstić information content (AvgIpc) is 2.55. The van der Waals surface area contributed by atoms with Crippen LogP contribution in [0.4, 0.5) is 17.6 Å². The molecule has 0 aliphatic rings. The highest BCUT2D eigenvalue weighted by molar-refractivity contribution is 7.92. The van der Waals surface area contributed by atoms with Gasteiger partial charge in [-0.15, -0.1) is 0 Å². The minimum atomic E-state index is -5.81. The molecule has 2 aromatic carbocycles. The number of hydrogen-bond acceptors (Lipinski definition) is 5. The van der Waals surface area contributed by atoms with Gasteiger partial charge in [0, 0.05) is 0 Å². The summed E-state index contributed by atoms with van der Waals surface area (Å²) in [5.41, 5.74) is -5.47. The summed E-state index contributed by atoms with van der Waals surface area (Å²) >= 11 is 0. The summed E-state index contributed by atoms with van der Waals surface area (Å²) in [5, 5.41) is 0. The van der Waals surface area contributed by atoms with Crippen molar-refractivity contribution in [1.29, 1.82) is 0 Å². The molecule has 0 bridgehead atoms. The van der Waals surface area contributed by atoms with Crippen LogP contribution >= 0.6 is 0 Å². The van der Waals surface area contributed by atoms with E-state index in [-0.39, 0.29) is 17.4 Å². The Morgan fingerprint density at radius 1 is 1.04 bits per heavy atom. The molecule has 25 heavy (non-hydrogen) atoms. The van der Waals surface area contributed by atoms with E-state index in [0.29, 0.717) is 0 Å². The third-order valence-corrected chi connectivity index (χ3v) is 4.51. The van der Waals surface area contributed by atoms with E-state index < -0.39 is 37.8 Å². The summed E-state index contributed by atoms with van der Waals surface area (Å²) in [6.45, 7) is 0. The van der Waals surface area contributed by atoms with Crippen LogP contribution in [0.2, 0.25) is 0 Å². The van der Waals surface area contributed by atoms with E-state index in [1.807, 2.05) is 0 Å². The number of benzene rings is 2. The highest BCUT2D eigenvalue weighted by Gasteiger charge is 2.48. The van der Waals surface area contributed by atoms with Gasteiger partial charge >= 0.3 is 11.5 Å². The molecule has 0 aromatic heterocycles. The number of halogens is 4. The van der Waals surface area contributed by atoms with Crippen LogP contribution in [0.5, 0.6) is 11.5 Å². The Kier molecular flexibility index (Phi) is 5.02. The lowest BCUT2D eigenvalue weighted by Crippen LogP contribution is -2.23. The van der Waals surface area contributed by atoms with Gasteiger partial charge in [0.15, 0.2) is 0 Å². The van der Waals surface area contributed by atoms with Gasteiger partial charge in [-0.1, -0.05) is 0 Å². The van der Waals surface area contributed by atoms with E-state index in [0.717, 1.165) is 12.1 Å². The van der Waals surface area contributed by atoms with Crippen LogP contribution in [-0.4, -0.2) is 27.0 Å². The second-order valence-corrected chi connectivity index (χ2v) is 6.57. The van der Waals surface area contributed by atoms with Crippen molar-refractivity contribution >= 4 is 15.8 Å².